The molecular weight excluding hydrogens is 553 g/mol. The van der Waals surface area contributed by atoms with Crippen LogP contribution in [0.15, 0.2) is 60.7 Å². The predicted octanol–water partition coefficient (Wildman–Crippen LogP) is 5.81. The van der Waals surface area contributed by atoms with E-state index in [4.69, 9.17) is 0 Å². The van der Waals surface area contributed by atoms with Crippen LogP contribution in [0.2, 0.25) is 0 Å². The summed E-state index contributed by atoms with van der Waals surface area (Å²) in [5.41, 5.74) is 0.0272. The topological polar surface area (TPSA) is 0 Å². The van der Waals surface area contributed by atoms with Crippen molar-refractivity contribution in [2.24, 2.45) is 0 Å². The molecule has 0 bridgehead atoms. The number of hydrogen-bond donors (Lipinski definition) is 0. The molecule has 2 aromatic carbocycles. The van der Waals surface area contributed by atoms with Gasteiger partial charge < -0.3 is 0 Å². The van der Waals surface area contributed by atoms with Crippen LogP contribution in [0.4, 0.5) is 48.3 Å². The summed E-state index contributed by atoms with van der Waals surface area (Å²) in [6, 6.07) is 12.1. The van der Waals surface area contributed by atoms with Crippen LogP contribution >= 0.6 is 0 Å². The van der Waals surface area contributed by atoms with Gasteiger partial charge >= 0.3 is 170 Å². The van der Waals surface area contributed by atoms with Gasteiger partial charge in [0.15, 0.2) is 0 Å². The van der Waals surface area contributed by atoms with E-state index < -0.39 is 55.5 Å². The van der Waals surface area contributed by atoms with E-state index in [-0.39, 0.29) is 5.56 Å². The third-order valence-electron chi connectivity index (χ3n) is 4.00. The summed E-state index contributed by atoms with van der Waals surface area (Å²) in [5, 5.41) is 0. The fraction of sp³-hybridized carbons (Fsp3) is 0.333. The van der Waals surface area contributed by atoms with Gasteiger partial charge in [-0.1, -0.05) is 0 Å². The van der Waals surface area contributed by atoms with E-state index in [2.05, 4.69) is 0 Å². The first-order chi connectivity index (χ1) is 13.6. The van der Waals surface area contributed by atoms with Gasteiger partial charge in [-0.3, -0.25) is 0 Å². The van der Waals surface area contributed by atoms with Crippen LogP contribution in [0.1, 0.15) is 5.56 Å². The second-order valence-corrected chi connectivity index (χ2v) is 11.9. The average Bonchev–Trinajstić information content (AvgIpc) is 2.66. The molecule has 0 fully saturated rings. The molecule has 1 radical (unpaired) electrons. The van der Waals surface area contributed by atoms with Crippen molar-refractivity contribution in [3.63, 3.8) is 0 Å². The Morgan fingerprint density at radius 3 is 1.40 bits per heavy atom. The number of hydrogen-bond acceptors (Lipinski definition) is 0. The average molecular weight is 565 g/mol. The van der Waals surface area contributed by atoms with Crippen LogP contribution in [0.25, 0.3) is 0 Å². The molecule has 0 saturated heterocycles. The summed E-state index contributed by atoms with van der Waals surface area (Å²) in [6.07, 6.45) is -7.16. The number of halogens is 11. The molecule has 0 N–H and O–H groups in total. The van der Waals surface area contributed by atoms with Crippen LogP contribution < -0.4 is 3.61 Å². The molecule has 12 heteroatoms. The molecule has 0 aliphatic rings. The number of benzene rings is 2. The van der Waals surface area contributed by atoms with E-state index >= 15 is 0 Å². The SMILES string of the molecule is FC(F)(F)C(F)(F)C(F)(F)C(F)(F)C(F)(F)[Te](Cc1ccccc1)c1ccccc1. The van der Waals surface area contributed by atoms with Crippen molar-refractivity contribution in [1.29, 1.82) is 0 Å². The van der Waals surface area contributed by atoms with Crippen molar-refractivity contribution < 1.29 is 48.3 Å². The number of rotatable bonds is 7. The molecule has 0 amide bonds. The molecule has 0 atom stereocenters. The fourth-order valence-corrected chi connectivity index (χ4v) is 8.33. The Labute approximate surface area is 170 Å². The van der Waals surface area contributed by atoms with Crippen LogP contribution in [-0.4, -0.2) is 47.5 Å². The van der Waals surface area contributed by atoms with Gasteiger partial charge in [-0.2, -0.15) is 0 Å². The molecule has 0 nitrogen and oxygen atoms in total. The summed E-state index contributed by atoms with van der Waals surface area (Å²) in [4.78, 5) is 0. The Kier molecular flexibility index (Phi) is 6.75. The minimum atomic E-state index is -7.38. The summed E-state index contributed by atoms with van der Waals surface area (Å²) in [5.74, 6) is -21.7. The van der Waals surface area contributed by atoms with Gasteiger partial charge in [-0.15, -0.1) is 0 Å². The van der Waals surface area contributed by atoms with E-state index in [0.717, 1.165) is 24.3 Å². The van der Waals surface area contributed by atoms with Gasteiger partial charge in [0.05, 0.1) is 0 Å². The molecule has 167 valence electrons. The molecule has 0 saturated carbocycles. The quantitative estimate of drug-likeness (QED) is 0.294. The molecule has 0 spiro atoms. The van der Waals surface area contributed by atoms with Gasteiger partial charge in [0.25, 0.3) is 0 Å². The van der Waals surface area contributed by atoms with Crippen molar-refractivity contribution in [3.05, 3.63) is 66.2 Å². The minimum absolute atomic E-state index is 0.0272. The molecule has 30 heavy (non-hydrogen) atoms. The van der Waals surface area contributed by atoms with Gasteiger partial charge in [-0.05, 0) is 0 Å². The zero-order valence-corrected chi connectivity index (χ0v) is 16.9. The second-order valence-electron chi connectivity index (χ2n) is 6.07. The van der Waals surface area contributed by atoms with Gasteiger partial charge in [-0.25, -0.2) is 0 Å². The normalized spacial score (nSPS) is 14.3. The third kappa shape index (κ3) is 4.13. The molecule has 2 aromatic rings. The van der Waals surface area contributed by atoms with Crippen molar-refractivity contribution >= 4 is 23.2 Å². The van der Waals surface area contributed by atoms with Crippen LogP contribution in [-0.2, 0) is 4.47 Å². The van der Waals surface area contributed by atoms with E-state index in [9.17, 15) is 48.3 Å². The Morgan fingerprint density at radius 2 is 0.967 bits per heavy atom. The Bertz CT molecular complexity index is 832. The zero-order chi connectivity index (χ0) is 23.0. The van der Waals surface area contributed by atoms with Gasteiger partial charge in [0.1, 0.15) is 0 Å². The van der Waals surface area contributed by atoms with E-state index in [1.165, 1.54) is 36.4 Å². The molecule has 0 heterocycles. The van der Waals surface area contributed by atoms with Crippen LogP contribution in [0, 0.1) is 0 Å². The summed E-state index contributed by atoms with van der Waals surface area (Å²) >= 11 is -5.05. The van der Waals surface area contributed by atoms with Crippen LogP contribution in [0.5, 0.6) is 0 Å². The van der Waals surface area contributed by atoms with Gasteiger partial charge in [0, 0.05) is 0 Å². The predicted molar refractivity (Wildman–Crippen MR) is 87.8 cm³/mol. The molecule has 2 rings (SSSR count). The molecular formula is C18H12F11Te. The van der Waals surface area contributed by atoms with Crippen molar-refractivity contribution in [3.8, 4) is 0 Å². The summed E-state index contributed by atoms with van der Waals surface area (Å²) in [6.45, 7) is 0. The summed E-state index contributed by atoms with van der Waals surface area (Å²) < 4.78 is 142. The Hall–Kier alpha value is -1.54. The van der Waals surface area contributed by atoms with Crippen LogP contribution in [0.3, 0.4) is 0 Å². The Balaban J connectivity index is 2.61. The van der Waals surface area contributed by atoms with Gasteiger partial charge in [0.2, 0.25) is 0 Å². The van der Waals surface area contributed by atoms with E-state index in [0.29, 0.717) is 0 Å². The van der Waals surface area contributed by atoms with Crippen molar-refractivity contribution in [2.75, 3.05) is 0 Å². The monoisotopic (exact) mass is 567 g/mol. The Morgan fingerprint density at radius 1 is 0.533 bits per heavy atom. The van der Waals surface area contributed by atoms with E-state index in [1.54, 1.807) is 0 Å². The third-order valence-corrected chi connectivity index (χ3v) is 10.7. The molecule has 0 aliphatic heterocycles. The molecule has 0 unspecified atom stereocenters. The first kappa shape index (κ1) is 24.7. The second kappa shape index (κ2) is 8.19. The van der Waals surface area contributed by atoms with Crippen molar-refractivity contribution in [2.45, 2.75) is 32.4 Å². The first-order valence-electron chi connectivity index (χ1n) is 7.95. The maximum atomic E-state index is 14.8. The zero-order valence-electron chi connectivity index (χ0n) is 14.5. The summed E-state index contributed by atoms with van der Waals surface area (Å²) in [7, 11) is 0. The molecule has 0 aliphatic carbocycles. The standard InChI is InChI=1S/C18H12F11Te/c19-14(20,15(21,22)17(25,26)27)16(23,24)18(28,29)30(13-9-5-2-6-10-13)11-12-7-3-1-4-8-12/h1-10H,11H2. The fourth-order valence-electron chi connectivity index (χ4n) is 2.36. The molecule has 0 aromatic heterocycles. The maximum absolute atomic E-state index is 14.8. The number of alkyl halides is 11. The van der Waals surface area contributed by atoms with E-state index in [1.807, 2.05) is 0 Å². The van der Waals surface area contributed by atoms with Crippen molar-refractivity contribution in [1.82, 2.24) is 0 Å². The first-order valence-corrected chi connectivity index (χ1v) is 11.9.